The molecule has 0 bridgehead atoms. The molecule has 1 aromatic heterocycles. The lowest BCUT2D eigenvalue weighted by Gasteiger charge is -1.96. The van der Waals surface area contributed by atoms with Crippen LogP contribution in [-0.2, 0) is 6.54 Å². The molecule has 56 valence electrons. The molecule has 1 aromatic rings. The number of hydrogen-bond acceptors (Lipinski definition) is 3. The number of nitrogens with zero attached hydrogens (tertiary/aromatic N) is 2. The Morgan fingerprint density at radius 1 is 1.50 bits per heavy atom. The molecule has 0 saturated heterocycles. The highest BCUT2D eigenvalue weighted by Gasteiger charge is 2.05. The van der Waals surface area contributed by atoms with Crippen LogP contribution in [0.4, 0.5) is 11.5 Å². The largest absolute Gasteiger partial charge is 0.394 e. The van der Waals surface area contributed by atoms with E-state index in [1.807, 2.05) is 13.8 Å². The average molecular weight is 140 g/mol. The maximum Gasteiger partial charge on any atom is 0.145 e. The molecule has 10 heavy (non-hydrogen) atoms. The van der Waals surface area contributed by atoms with Crippen LogP contribution < -0.4 is 11.5 Å². The summed E-state index contributed by atoms with van der Waals surface area (Å²) in [5, 5.41) is 4.09. The summed E-state index contributed by atoms with van der Waals surface area (Å²) in [6.07, 6.45) is 0. The van der Waals surface area contributed by atoms with E-state index < -0.39 is 0 Å². The Morgan fingerprint density at radius 3 is 2.30 bits per heavy atom. The normalized spacial score (nSPS) is 10.2. The molecule has 1 heterocycles. The fraction of sp³-hybridized carbons (Fsp3) is 0.500. The summed E-state index contributed by atoms with van der Waals surface area (Å²) in [4.78, 5) is 0. The molecule has 4 heteroatoms. The molecule has 0 radical (unpaired) electrons. The van der Waals surface area contributed by atoms with E-state index in [2.05, 4.69) is 5.10 Å². The summed E-state index contributed by atoms with van der Waals surface area (Å²) in [6.45, 7) is 4.59. The maximum absolute atomic E-state index is 5.59. The van der Waals surface area contributed by atoms with Crippen molar-refractivity contribution in [3.8, 4) is 0 Å². The molecular formula is C6H12N4. The van der Waals surface area contributed by atoms with Crippen LogP contribution in [0.2, 0.25) is 0 Å². The predicted octanol–water partition coefficient (Wildman–Crippen LogP) is 0.376. The summed E-state index contributed by atoms with van der Waals surface area (Å²) < 4.78 is 1.69. The molecule has 0 aromatic carbocycles. The molecule has 1 rings (SSSR count). The lowest BCUT2D eigenvalue weighted by Crippen LogP contribution is -2.02. The summed E-state index contributed by atoms with van der Waals surface area (Å²) >= 11 is 0. The van der Waals surface area contributed by atoms with Gasteiger partial charge in [-0.25, -0.2) is 4.68 Å². The van der Waals surface area contributed by atoms with Crippen LogP contribution >= 0.6 is 0 Å². The van der Waals surface area contributed by atoms with Gasteiger partial charge in [-0.3, -0.25) is 0 Å². The fourth-order valence-corrected chi connectivity index (χ4v) is 0.854. The third-order valence-corrected chi connectivity index (χ3v) is 1.51. The minimum atomic E-state index is 0.569. The maximum atomic E-state index is 5.59. The van der Waals surface area contributed by atoms with Crippen LogP contribution in [0.15, 0.2) is 0 Å². The quantitative estimate of drug-likeness (QED) is 0.592. The molecule has 4 nitrogen and oxygen atoms in total. The highest BCUT2D eigenvalue weighted by atomic mass is 15.3. The highest BCUT2D eigenvalue weighted by molar-refractivity contribution is 5.61. The Hall–Kier alpha value is -1.19. The number of rotatable bonds is 1. The first-order valence-corrected chi connectivity index (χ1v) is 3.25. The van der Waals surface area contributed by atoms with Gasteiger partial charge in [0.25, 0.3) is 0 Å². The Balaban J connectivity index is 3.17. The minimum absolute atomic E-state index is 0.569. The summed E-state index contributed by atoms with van der Waals surface area (Å²) in [6, 6.07) is 0. The third kappa shape index (κ3) is 0.814. The van der Waals surface area contributed by atoms with Gasteiger partial charge in [0.2, 0.25) is 0 Å². The van der Waals surface area contributed by atoms with Gasteiger partial charge in [0, 0.05) is 6.54 Å². The topological polar surface area (TPSA) is 69.9 Å². The number of aromatic nitrogens is 2. The van der Waals surface area contributed by atoms with Crippen molar-refractivity contribution in [2.24, 2.45) is 0 Å². The van der Waals surface area contributed by atoms with Crippen LogP contribution in [-0.4, -0.2) is 9.78 Å². The van der Waals surface area contributed by atoms with Gasteiger partial charge in [-0.15, -0.1) is 0 Å². The fourth-order valence-electron chi connectivity index (χ4n) is 0.854. The molecule has 0 aliphatic rings. The van der Waals surface area contributed by atoms with Gasteiger partial charge < -0.3 is 11.5 Å². The summed E-state index contributed by atoms with van der Waals surface area (Å²) in [5.41, 5.74) is 12.6. The number of anilines is 2. The van der Waals surface area contributed by atoms with E-state index in [1.54, 1.807) is 4.68 Å². The van der Waals surface area contributed by atoms with Crippen LogP contribution in [0, 0.1) is 6.92 Å². The zero-order valence-corrected chi connectivity index (χ0v) is 6.26. The lowest BCUT2D eigenvalue weighted by molar-refractivity contribution is 0.663. The van der Waals surface area contributed by atoms with Crippen molar-refractivity contribution in [2.75, 3.05) is 11.5 Å². The molecule has 0 aliphatic heterocycles. The van der Waals surface area contributed by atoms with Crippen LogP contribution in [0.1, 0.15) is 12.6 Å². The van der Waals surface area contributed by atoms with Crippen molar-refractivity contribution in [2.45, 2.75) is 20.4 Å². The van der Waals surface area contributed by atoms with Crippen molar-refractivity contribution >= 4 is 11.5 Å². The van der Waals surface area contributed by atoms with E-state index in [9.17, 15) is 0 Å². The molecule has 0 aliphatic carbocycles. The molecule has 0 atom stereocenters. The second-order valence-corrected chi connectivity index (χ2v) is 2.20. The second kappa shape index (κ2) is 2.21. The highest BCUT2D eigenvalue weighted by Crippen LogP contribution is 2.17. The van der Waals surface area contributed by atoms with Crippen molar-refractivity contribution in [3.63, 3.8) is 0 Å². The molecule has 0 saturated carbocycles. The first-order valence-electron chi connectivity index (χ1n) is 3.25. The summed E-state index contributed by atoms with van der Waals surface area (Å²) in [7, 11) is 0. The lowest BCUT2D eigenvalue weighted by atomic mass is 10.4. The average Bonchev–Trinajstić information content (AvgIpc) is 2.17. The summed E-state index contributed by atoms with van der Waals surface area (Å²) in [5.74, 6) is 0.569. The van der Waals surface area contributed by atoms with Gasteiger partial charge >= 0.3 is 0 Å². The zero-order valence-electron chi connectivity index (χ0n) is 6.26. The number of nitrogens with two attached hydrogens (primary N) is 2. The number of nitrogen functional groups attached to an aromatic ring is 2. The van der Waals surface area contributed by atoms with Gasteiger partial charge in [-0.1, -0.05) is 0 Å². The Bertz CT molecular complexity index is 238. The van der Waals surface area contributed by atoms with Crippen LogP contribution in [0.25, 0.3) is 0 Å². The second-order valence-electron chi connectivity index (χ2n) is 2.20. The SMILES string of the molecule is CCn1nc(C)c(N)c1N. The number of aryl methyl sites for hydroxylation is 2. The molecule has 0 spiro atoms. The molecule has 0 unspecified atom stereocenters. The third-order valence-electron chi connectivity index (χ3n) is 1.51. The molecule has 0 fully saturated rings. The van der Waals surface area contributed by atoms with E-state index in [-0.39, 0.29) is 0 Å². The van der Waals surface area contributed by atoms with Gasteiger partial charge in [-0.05, 0) is 13.8 Å². The monoisotopic (exact) mass is 140 g/mol. The first-order chi connectivity index (χ1) is 4.66. The van der Waals surface area contributed by atoms with Crippen LogP contribution in [0.5, 0.6) is 0 Å². The van der Waals surface area contributed by atoms with Crippen molar-refractivity contribution in [1.29, 1.82) is 0 Å². The Labute approximate surface area is 59.8 Å². The van der Waals surface area contributed by atoms with Gasteiger partial charge in [0.1, 0.15) is 5.82 Å². The van der Waals surface area contributed by atoms with E-state index in [1.165, 1.54) is 0 Å². The van der Waals surface area contributed by atoms with Crippen LogP contribution in [0.3, 0.4) is 0 Å². The smallest absolute Gasteiger partial charge is 0.145 e. The molecule has 4 N–H and O–H groups in total. The zero-order chi connectivity index (χ0) is 7.72. The first kappa shape index (κ1) is 6.92. The number of hydrogen-bond donors (Lipinski definition) is 2. The van der Waals surface area contributed by atoms with Gasteiger partial charge in [-0.2, -0.15) is 5.10 Å². The standard InChI is InChI=1S/C6H12N4/c1-3-10-6(8)5(7)4(2)9-10/h3,7-8H2,1-2H3. The Kier molecular flexibility index (Phi) is 1.53. The van der Waals surface area contributed by atoms with Gasteiger partial charge in [0.15, 0.2) is 0 Å². The van der Waals surface area contributed by atoms with E-state index in [4.69, 9.17) is 11.5 Å². The van der Waals surface area contributed by atoms with Crippen molar-refractivity contribution in [1.82, 2.24) is 9.78 Å². The predicted molar refractivity (Wildman–Crippen MR) is 41.5 cm³/mol. The molecule has 0 amide bonds. The van der Waals surface area contributed by atoms with E-state index in [0.717, 1.165) is 12.2 Å². The molecular weight excluding hydrogens is 128 g/mol. The van der Waals surface area contributed by atoms with Crippen molar-refractivity contribution in [3.05, 3.63) is 5.69 Å². The van der Waals surface area contributed by atoms with E-state index >= 15 is 0 Å². The minimum Gasteiger partial charge on any atom is -0.394 e. The van der Waals surface area contributed by atoms with Gasteiger partial charge in [0.05, 0.1) is 11.4 Å². The van der Waals surface area contributed by atoms with E-state index in [0.29, 0.717) is 11.5 Å². The Morgan fingerprint density at radius 2 is 2.10 bits per heavy atom. The van der Waals surface area contributed by atoms with Crippen molar-refractivity contribution < 1.29 is 0 Å².